The maximum absolute atomic E-state index is 12.3. The van der Waals surface area contributed by atoms with Crippen molar-refractivity contribution in [2.75, 3.05) is 7.05 Å². The van der Waals surface area contributed by atoms with Crippen LogP contribution in [0.3, 0.4) is 0 Å². The molecule has 110 valence electrons. The number of carbonyl (C=O) groups is 1. The van der Waals surface area contributed by atoms with Gasteiger partial charge in [0.2, 0.25) is 0 Å². The first-order valence-corrected chi connectivity index (χ1v) is 7.35. The van der Waals surface area contributed by atoms with Crippen molar-refractivity contribution in [2.45, 2.75) is 31.7 Å². The molecule has 2 atom stereocenters. The van der Waals surface area contributed by atoms with Crippen LogP contribution in [-0.4, -0.2) is 40.7 Å². The lowest BCUT2D eigenvalue weighted by atomic mass is 9.79. The molecule has 21 heavy (non-hydrogen) atoms. The van der Waals surface area contributed by atoms with E-state index in [1.807, 2.05) is 30.3 Å². The third-order valence-electron chi connectivity index (χ3n) is 4.48. The fourth-order valence-corrected chi connectivity index (χ4v) is 3.40. The van der Waals surface area contributed by atoms with Crippen LogP contribution in [0.5, 0.6) is 0 Å². The first-order chi connectivity index (χ1) is 10.2. The Hall–Kier alpha value is -2.17. The van der Waals surface area contributed by atoms with E-state index in [-0.39, 0.29) is 23.7 Å². The maximum atomic E-state index is 12.3. The molecular weight excluding hydrogens is 266 g/mol. The first-order valence-electron chi connectivity index (χ1n) is 7.35. The Balaban J connectivity index is 2.11. The van der Waals surface area contributed by atoms with Crippen LogP contribution in [0.4, 0.5) is 0 Å². The second-order valence-corrected chi connectivity index (χ2v) is 5.66. The average Bonchev–Trinajstić information content (AvgIpc) is 2.65. The fourth-order valence-electron chi connectivity index (χ4n) is 3.40. The molecule has 1 heterocycles. The van der Waals surface area contributed by atoms with Crippen molar-refractivity contribution in [1.82, 2.24) is 4.90 Å². The van der Waals surface area contributed by atoms with Crippen LogP contribution >= 0.6 is 0 Å². The van der Waals surface area contributed by atoms with E-state index in [1.165, 1.54) is 0 Å². The number of nitrogens with zero attached hydrogens (tertiary/aromatic N) is 3. The van der Waals surface area contributed by atoms with Crippen LogP contribution in [-0.2, 0) is 4.79 Å². The quantitative estimate of drug-likeness (QED) is 0.635. The molecule has 0 bridgehead atoms. The van der Waals surface area contributed by atoms with E-state index < -0.39 is 0 Å². The number of benzene rings is 1. The van der Waals surface area contributed by atoms with E-state index in [0.717, 1.165) is 37.0 Å². The van der Waals surface area contributed by atoms with Gasteiger partial charge in [0, 0.05) is 19.0 Å². The largest absolute Gasteiger partial charge is 0.409 e. The van der Waals surface area contributed by atoms with E-state index in [0.29, 0.717) is 0 Å². The number of oxime groups is 1. The third-order valence-corrected chi connectivity index (χ3v) is 4.48. The summed E-state index contributed by atoms with van der Waals surface area (Å²) in [7, 11) is 1.78. The van der Waals surface area contributed by atoms with Gasteiger partial charge in [-0.1, -0.05) is 48.3 Å². The number of carbonyl (C=O) groups excluding carboxylic acids is 1. The van der Waals surface area contributed by atoms with Gasteiger partial charge in [0.05, 0.1) is 5.71 Å². The van der Waals surface area contributed by atoms with E-state index >= 15 is 0 Å². The van der Waals surface area contributed by atoms with Crippen LogP contribution in [0.1, 0.15) is 31.2 Å². The molecule has 2 unspecified atom stereocenters. The van der Waals surface area contributed by atoms with E-state index in [9.17, 15) is 4.79 Å². The van der Waals surface area contributed by atoms with Gasteiger partial charge in [0.25, 0.3) is 11.7 Å². The predicted molar refractivity (Wildman–Crippen MR) is 80.7 cm³/mol. The standard InChI is InChI=1S/C16H19N3O2/c1-19-13-10-6-5-9-12(13)14(11-7-3-2-4-8-11)17-15(18-21)16(19)20/h2-4,7-8,12-13,21H,5-6,9-10H2,1H3/b18-15-. The van der Waals surface area contributed by atoms with Crippen molar-refractivity contribution < 1.29 is 10.0 Å². The lowest BCUT2D eigenvalue weighted by molar-refractivity contribution is -0.125. The Kier molecular flexibility index (Phi) is 3.73. The van der Waals surface area contributed by atoms with Crippen molar-refractivity contribution >= 4 is 17.5 Å². The molecular formula is C16H19N3O2. The molecule has 1 aromatic carbocycles. The summed E-state index contributed by atoms with van der Waals surface area (Å²) < 4.78 is 0. The summed E-state index contributed by atoms with van der Waals surface area (Å²) in [6, 6.07) is 10.00. The van der Waals surface area contributed by atoms with E-state index in [4.69, 9.17) is 5.21 Å². The number of fused-ring (bicyclic) bond motifs is 1. The number of rotatable bonds is 1. The fraction of sp³-hybridized carbons (Fsp3) is 0.438. The molecule has 1 aliphatic carbocycles. The molecule has 1 N–H and O–H groups in total. The van der Waals surface area contributed by atoms with Crippen LogP contribution in [0.25, 0.3) is 0 Å². The molecule has 1 aliphatic heterocycles. The summed E-state index contributed by atoms with van der Waals surface area (Å²) in [5, 5.41) is 12.2. The molecule has 0 radical (unpaired) electrons. The normalized spacial score (nSPS) is 28.0. The zero-order chi connectivity index (χ0) is 14.8. The lowest BCUT2D eigenvalue weighted by Gasteiger charge is -2.36. The van der Waals surface area contributed by atoms with Crippen LogP contribution in [0.2, 0.25) is 0 Å². The van der Waals surface area contributed by atoms with Crippen molar-refractivity contribution in [3.8, 4) is 0 Å². The van der Waals surface area contributed by atoms with Gasteiger partial charge >= 0.3 is 0 Å². The SMILES string of the molecule is CN1C(=O)/C(=N/O)N=C(c2ccccc2)C2CCCCC21. The third kappa shape index (κ3) is 2.44. The Bertz CT molecular complexity index is 595. The summed E-state index contributed by atoms with van der Waals surface area (Å²) in [6.45, 7) is 0. The predicted octanol–water partition coefficient (Wildman–Crippen LogP) is 2.29. The minimum absolute atomic E-state index is 0.120. The zero-order valence-corrected chi connectivity index (χ0v) is 12.1. The molecule has 3 rings (SSSR count). The molecule has 0 spiro atoms. The second-order valence-electron chi connectivity index (χ2n) is 5.66. The van der Waals surface area contributed by atoms with Crippen LogP contribution < -0.4 is 0 Å². The van der Waals surface area contributed by atoms with Gasteiger partial charge in [-0.2, -0.15) is 0 Å². The molecule has 1 aromatic rings. The monoisotopic (exact) mass is 285 g/mol. The number of hydrogen-bond donors (Lipinski definition) is 1. The van der Waals surface area contributed by atoms with Crippen molar-refractivity contribution in [3.63, 3.8) is 0 Å². The Morgan fingerprint density at radius 2 is 1.95 bits per heavy atom. The van der Waals surface area contributed by atoms with Crippen LogP contribution in [0.15, 0.2) is 40.5 Å². The van der Waals surface area contributed by atoms with E-state index in [2.05, 4.69) is 10.1 Å². The summed E-state index contributed by atoms with van der Waals surface area (Å²) in [6.07, 6.45) is 4.24. The molecule has 5 nitrogen and oxygen atoms in total. The van der Waals surface area contributed by atoms with Gasteiger partial charge in [-0.25, -0.2) is 4.99 Å². The number of amides is 1. The Labute approximate surface area is 124 Å². The van der Waals surface area contributed by atoms with Gasteiger partial charge in [-0.15, -0.1) is 0 Å². The minimum atomic E-state index is -0.305. The second kappa shape index (κ2) is 5.68. The summed E-state index contributed by atoms with van der Waals surface area (Å²) in [5.74, 6) is -0.222. The van der Waals surface area contributed by atoms with Gasteiger partial charge in [0.15, 0.2) is 0 Å². The van der Waals surface area contributed by atoms with Crippen molar-refractivity contribution in [1.29, 1.82) is 0 Å². The molecule has 1 saturated carbocycles. The Morgan fingerprint density at radius 3 is 2.67 bits per heavy atom. The summed E-state index contributed by atoms with van der Waals surface area (Å²) in [4.78, 5) is 18.4. The van der Waals surface area contributed by atoms with Gasteiger partial charge in [0.1, 0.15) is 0 Å². The summed E-state index contributed by atoms with van der Waals surface area (Å²) >= 11 is 0. The highest BCUT2D eigenvalue weighted by Gasteiger charge is 2.38. The molecule has 0 saturated heterocycles. The number of hydrogen-bond acceptors (Lipinski definition) is 3. The topological polar surface area (TPSA) is 65.3 Å². The number of aliphatic imine (C=N–C) groups is 1. The number of amidine groups is 1. The van der Waals surface area contributed by atoms with Gasteiger partial charge in [-0.05, 0) is 18.4 Å². The maximum Gasteiger partial charge on any atom is 0.295 e. The zero-order valence-electron chi connectivity index (χ0n) is 12.1. The molecule has 5 heteroatoms. The van der Waals surface area contributed by atoms with Crippen molar-refractivity contribution in [3.05, 3.63) is 35.9 Å². The highest BCUT2D eigenvalue weighted by molar-refractivity contribution is 6.40. The smallest absolute Gasteiger partial charge is 0.295 e. The molecule has 1 amide bonds. The first kappa shape index (κ1) is 13.8. The van der Waals surface area contributed by atoms with Gasteiger partial charge < -0.3 is 10.1 Å². The molecule has 1 fully saturated rings. The molecule has 0 aromatic heterocycles. The number of likely N-dealkylation sites (N-methyl/N-ethyl adjacent to an activating group) is 1. The summed E-state index contributed by atoms with van der Waals surface area (Å²) in [5.41, 5.74) is 1.87. The van der Waals surface area contributed by atoms with Gasteiger partial charge in [-0.3, -0.25) is 4.79 Å². The Morgan fingerprint density at radius 1 is 1.24 bits per heavy atom. The average molecular weight is 285 g/mol. The lowest BCUT2D eigenvalue weighted by Crippen LogP contribution is -2.45. The minimum Gasteiger partial charge on any atom is -0.409 e. The van der Waals surface area contributed by atoms with Crippen LogP contribution in [0, 0.1) is 5.92 Å². The van der Waals surface area contributed by atoms with E-state index in [1.54, 1.807) is 11.9 Å². The highest BCUT2D eigenvalue weighted by atomic mass is 16.4. The van der Waals surface area contributed by atoms with Crippen molar-refractivity contribution in [2.24, 2.45) is 16.1 Å². The molecule has 2 aliphatic rings. The highest BCUT2D eigenvalue weighted by Crippen LogP contribution is 2.33.